The summed E-state index contributed by atoms with van der Waals surface area (Å²) in [5, 5.41) is 3.35. The van der Waals surface area contributed by atoms with E-state index >= 15 is 0 Å². The Kier molecular flexibility index (Phi) is 9.02. The molecule has 0 heterocycles. The average molecular weight is 529 g/mol. The highest BCUT2D eigenvalue weighted by Crippen LogP contribution is 2.27. The highest BCUT2D eigenvalue weighted by Gasteiger charge is 2.31. The summed E-state index contributed by atoms with van der Waals surface area (Å²) in [6.07, 6.45) is 0.995. The first-order chi connectivity index (χ1) is 15.6. The first kappa shape index (κ1) is 28.0. The number of sulfonamides is 1. The van der Waals surface area contributed by atoms with Crippen molar-refractivity contribution in [1.29, 1.82) is 0 Å². The Hall–Kier alpha value is -2.29. The number of halogens is 2. The molecule has 1 N–H and O–H groups in total. The van der Waals surface area contributed by atoms with E-state index in [4.69, 9.17) is 23.2 Å². The van der Waals surface area contributed by atoms with E-state index < -0.39 is 34.1 Å². The molecule has 1 unspecified atom stereocenters. The molecule has 0 aliphatic carbocycles. The molecular formula is C24H31Cl2N3O4S. The summed E-state index contributed by atoms with van der Waals surface area (Å²) in [6, 6.07) is 11.0. The minimum Gasteiger partial charge on any atom is -0.350 e. The minimum absolute atomic E-state index is 0.131. The second-order valence-corrected chi connectivity index (χ2v) is 12.1. The topological polar surface area (TPSA) is 86.8 Å². The molecule has 0 aliphatic rings. The molecule has 0 saturated heterocycles. The van der Waals surface area contributed by atoms with Gasteiger partial charge in [0.1, 0.15) is 12.6 Å². The zero-order valence-electron chi connectivity index (χ0n) is 20.2. The molecule has 1 atom stereocenters. The lowest BCUT2D eigenvalue weighted by Gasteiger charge is -2.33. The second kappa shape index (κ2) is 11.0. The predicted molar refractivity (Wildman–Crippen MR) is 138 cm³/mol. The van der Waals surface area contributed by atoms with Crippen molar-refractivity contribution < 1.29 is 18.0 Å². The number of anilines is 1. The molecule has 0 radical (unpaired) electrons. The normalized spacial score (nSPS) is 12.7. The third kappa shape index (κ3) is 8.18. The van der Waals surface area contributed by atoms with Crippen molar-refractivity contribution >= 4 is 50.7 Å². The number of hydrogen-bond acceptors (Lipinski definition) is 4. The van der Waals surface area contributed by atoms with Crippen molar-refractivity contribution in [1.82, 2.24) is 10.2 Å². The minimum atomic E-state index is -3.87. The van der Waals surface area contributed by atoms with Crippen LogP contribution in [0.3, 0.4) is 0 Å². The van der Waals surface area contributed by atoms with Crippen LogP contribution in [0, 0.1) is 6.92 Å². The number of amides is 2. The van der Waals surface area contributed by atoms with E-state index in [9.17, 15) is 18.0 Å². The van der Waals surface area contributed by atoms with Gasteiger partial charge in [-0.25, -0.2) is 8.42 Å². The van der Waals surface area contributed by atoms with Crippen LogP contribution in [0.25, 0.3) is 0 Å². The van der Waals surface area contributed by atoms with Crippen LogP contribution in [0.4, 0.5) is 5.69 Å². The largest absolute Gasteiger partial charge is 0.350 e. The third-order valence-corrected chi connectivity index (χ3v) is 6.53. The van der Waals surface area contributed by atoms with Crippen LogP contribution in [0.1, 0.15) is 38.8 Å². The van der Waals surface area contributed by atoms with Gasteiger partial charge in [0, 0.05) is 22.1 Å². The number of aryl methyl sites for hydroxylation is 1. The van der Waals surface area contributed by atoms with E-state index in [1.54, 1.807) is 6.92 Å². The Morgan fingerprint density at radius 3 is 2.03 bits per heavy atom. The van der Waals surface area contributed by atoms with Gasteiger partial charge in [-0.15, -0.1) is 0 Å². The molecule has 10 heteroatoms. The number of benzene rings is 2. The predicted octanol–water partition coefficient (Wildman–Crippen LogP) is 4.40. The summed E-state index contributed by atoms with van der Waals surface area (Å²) in [4.78, 5) is 27.8. The first-order valence-electron chi connectivity index (χ1n) is 10.7. The van der Waals surface area contributed by atoms with Gasteiger partial charge in [-0.1, -0.05) is 53.0 Å². The summed E-state index contributed by atoms with van der Waals surface area (Å²) in [6.45, 7) is 8.72. The fourth-order valence-corrected chi connectivity index (χ4v) is 4.59. The maximum Gasteiger partial charge on any atom is 0.244 e. The van der Waals surface area contributed by atoms with E-state index in [-0.39, 0.29) is 28.2 Å². The number of carbonyl (C=O) groups is 2. The summed E-state index contributed by atoms with van der Waals surface area (Å²) in [7, 11) is -3.87. The van der Waals surface area contributed by atoms with Crippen molar-refractivity contribution in [3.8, 4) is 0 Å². The lowest BCUT2D eigenvalue weighted by atomic mass is 10.1. The first-order valence-corrected chi connectivity index (χ1v) is 13.3. The summed E-state index contributed by atoms with van der Waals surface area (Å²) < 4.78 is 26.1. The van der Waals surface area contributed by atoms with Crippen LogP contribution in [-0.2, 0) is 26.2 Å². The monoisotopic (exact) mass is 527 g/mol. The average Bonchev–Trinajstić information content (AvgIpc) is 2.68. The molecule has 0 fully saturated rings. The molecule has 0 bridgehead atoms. The summed E-state index contributed by atoms with van der Waals surface area (Å²) in [5.41, 5.74) is 1.53. The Morgan fingerprint density at radius 1 is 1.03 bits per heavy atom. The highest BCUT2D eigenvalue weighted by atomic mass is 35.5. The Labute approximate surface area is 212 Å². The van der Waals surface area contributed by atoms with Crippen molar-refractivity contribution in [2.75, 3.05) is 17.1 Å². The van der Waals surface area contributed by atoms with E-state index in [2.05, 4.69) is 5.32 Å². The van der Waals surface area contributed by atoms with Crippen LogP contribution in [0.5, 0.6) is 0 Å². The van der Waals surface area contributed by atoms with E-state index in [0.717, 1.165) is 21.7 Å². The number of rotatable bonds is 8. The van der Waals surface area contributed by atoms with Crippen LogP contribution in [0.15, 0.2) is 42.5 Å². The standard InChI is InChI=1S/C24H31Cl2N3O4S/c1-16-7-9-18(10-8-16)14-28(17(2)23(31)27-24(3,4)5)22(30)15-29(34(6,32)33)21-12-19(25)11-20(26)13-21/h7-13,17H,14-15H2,1-6H3,(H,27,31). The summed E-state index contributed by atoms with van der Waals surface area (Å²) >= 11 is 12.1. The molecule has 2 aromatic rings. The van der Waals surface area contributed by atoms with Gasteiger partial charge in [-0.3, -0.25) is 13.9 Å². The highest BCUT2D eigenvalue weighted by molar-refractivity contribution is 7.92. The fourth-order valence-electron chi connectivity index (χ4n) is 3.24. The zero-order chi connectivity index (χ0) is 25.8. The smallest absolute Gasteiger partial charge is 0.244 e. The van der Waals surface area contributed by atoms with E-state index in [1.165, 1.54) is 23.1 Å². The fraction of sp³-hybridized carbons (Fsp3) is 0.417. The molecule has 0 aromatic heterocycles. The maximum atomic E-state index is 13.5. The Morgan fingerprint density at radius 2 is 1.56 bits per heavy atom. The quantitative estimate of drug-likeness (QED) is 0.551. The van der Waals surface area contributed by atoms with Crippen LogP contribution in [-0.4, -0.2) is 49.5 Å². The molecule has 2 aromatic carbocycles. The molecule has 0 spiro atoms. The maximum absolute atomic E-state index is 13.5. The van der Waals surface area contributed by atoms with E-state index in [0.29, 0.717) is 0 Å². The number of hydrogen-bond donors (Lipinski definition) is 1. The third-order valence-electron chi connectivity index (χ3n) is 4.95. The number of carbonyl (C=O) groups excluding carboxylic acids is 2. The molecule has 2 amide bonds. The summed E-state index contributed by atoms with van der Waals surface area (Å²) in [5.74, 6) is -0.886. The van der Waals surface area contributed by atoms with Gasteiger partial charge in [0.2, 0.25) is 21.8 Å². The van der Waals surface area contributed by atoms with Gasteiger partial charge in [0.15, 0.2) is 0 Å². The SMILES string of the molecule is Cc1ccc(CN(C(=O)CN(c2cc(Cl)cc(Cl)c2)S(C)(=O)=O)C(C)C(=O)NC(C)(C)C)cc1. The Balaban J connectivity index is 2.43. The molecule has 34 heavy (non-hydrogen) atoms. The Bertz CT molecular complexity index is 1130. The van der Waals surface area contributed by atoms with Crippen LogP contribution >= 0.6 is 23.2 Å². The van der Waals surface area contributed by atoms with Gasteiger partial charge >= 0.3 is 0 Å². The van der Waals surface area contributed by atoms with Gasteiger partial charge < -0.3 is 10.2 Å². The van der Waals surface area contributed by atoms with Crippen molar-refractivity contribution in [3.63, 3.8) is 0 Å². The molecule has 0 saturated carbocycles. The zero-order valence-corrected chi connectivity index (χ0v) is 22.6. The van der Waals surface area contributed by atoms with Crippen molar-refractivity contribution in [2.45, 2.75) is 52.7 Å². The molecule has 186 valence electrons. The van der Waals surface area contributed by atoms with Gasteiger partial charge in [0.05, 0.1) is 11.9 Å². The number of nitrogens with one attached hydrogen (secondary N) is 1. The molecule has 7 nitrogen and oxygen atoms in total. The van der Waals surface area contributed by atoms with Crippen LogP contribution in [0.2, 0.25) is 10.0 Å². The molecular weight excluding hydrogens is 497 g/mol. The number of nitrogens with zero attached hydrogens (tertiary/aromatic N) is 2. The van der Waals surface area contributed by atoms with Crippen molar-refractivity contribution in [2.24, 2.45) is 0 Å². The van der Waals surface area contributed by atoms with E-state index in [1.807, 2.05) is 52.0 Å². The lowest BCUT2D eigenvalue weighted by Crippen LogP contribution is -2.54. The van der Waals surface area contributed by atoms with Gasteiger partial charge in [-0.05, 0) is 58.4 Å². The van der Waals surface area contributed by atoms with Crippen LogP contribution < -0.4 is 9.62 Å². The van der Waals surface area contributed by atoms with Crippen molar-refractivity contribution in [3.05, 3.63) is 63.6 Å². The molecule has 0 aliphatic heterocycles. The lowest BCUT2D eigenvalue weighted by molar-refractivity contribution is -0.140. The van der Waals surface area contributed by atoms with Gasteiger partial charge in [0.25, 0.3) is 0 Å². The van der Waals surface area contributed by atoms with Gasteiger partial charge in [-0.2, -0.15) is 0 Å². The molecule has 2 rings (SSSR count). The second-order valence-electron chi connectivity index (χ2n) is 9.32.